The summed E-state index contributed by atoms with van der Waals surface area (Å²) in [4.78, 5) is 9.83. The lowest BCUT2D eigenvalue weighted by molar-refractivity contribution is 0.201. The van der Waals surface area contributed by atoms with Crippen LogP contribution < -0.4 is 9.64 Å². The highest BCUT2D eigenvalue weighted by Gasteiger charge is 2.26. The average Bonchev–Trinajstić information content (AvgIpc) is 3.32. The molecule has 0 bridgehead atoms. The van der Waals surface area contributed by atoms with Gasteiger partial charge in [-0.3, -0.25) is 9.30 Å². The molecule has 0 amide bonds. The van der Waals surface area contributed by atoms with Crippen molar-refractivity contribution in [1.29, 1.82) is 5.26 Å². The van der Waals surface area contributed by atoms with E-state index in [1.54, 1.807) is 0 Å². The fourth-order valence-electron chi connectivity index (χ4n) is 5.71. The quantitative estimate of drug-likeness (QED) is 0.311. The minimum atomic E-state index is 0.667. The van der Waals surface area contributed by atoms with E-state index < -0.39 is 0 Å². The summed E-state index contributed by atoms with van der Waals surface area (Å²) < 4.78 is 8.43. The van der Waals surface area contributed by atoms with Crippen molar-refractivity contribution in [1.82, 2.24) is 14.3 Å². The Morgan fingerprint density at radius 3 is 2.51 bits per heavy atom. The predicted octanol–water partition coefficient (Wildman–Crippen LogP) is 5.58. The van der Waals surface area contributed by atoms with Crippen molar-refractivity contribution in [2.24, 2.45) is 0 Å². The molecule has 2 aromatic heterocycles. The molecule has 6 nitrogen and oxygen atoms in total. The van der Waals surface area contributed by atoms with Crippen LogP contribution in [0.1, 0.15) is 23.6 Å². The van der Waals surface area contributed by atoms with E-state index in [0.717, 1.165) is 72.5 Å². The van der Waals surface area contributed by atoms with Gasteiger partial charge in [-0.1, -0.05) is 55.5 Å². The zero-order valence-electron chi connectivity index (χ0n) is 21.4. The first-order valence-corrected chi connectivity index (χ1v) is 13.1. The van der Waals surface area contributed by atoms with Gasteiger partial charge in [0, 0.05) is 38.1 Å². The molecule has 5 aromatic rings. The Morgan fingerprint density at radius 1 is 0.946 bits per heavy atom. The van der Waals surface area contributed by atoms with Crippen molar-refractivity contribution < 1.29 is 4.74 Å². The second-order valence-corrected chi connectivity index (χ2v) is 9.68. The number of hydrogen-bond acceptors (Lipinski definition) is 5. The number of pyridine rings is 1. The standard InChI is InChI=1S/C31H31N5O/c1-3-24-22(2)26(21-32)30-33-27-12-6-7-13-28(27)36(30)31(24)35-17-15-34(16-18-35)19-20-37-29-14-8-10-23-9-4-5-11-25(23)29/h4-14H,3,15-20H2,1-2H3. The molecule has 1 aliphatic rings. The van der Waals surface area contributed by atoms with Crippen LogP contribution in [-0.4, -0.2) is 53.6 Å². The Kier molecular flexibility index (Phi) is 6.15. The molecule has 6 heteroatoms. The van der Waals surface area contributed by atoms with Crippen molar-refractivity contribution >= 4 is 33.3 Å². The molecule has 6 rings (SSSR count). The minimum absolute atomic E-state index is 0.667. The Hall–Kier alpha value is -4.08. The van der Waals surface area contributed by atoms with Gasteiger partial charge in [-0.05, 0) is 48.1 Å². The molecular formula is C31H31N5O. The highest BCUT2D eigenvalue weighted by molar-refractivity contribution is 5.88. The summed E-state index contributed by atoms with van der Waals surface area (Å²) in [6.07, 6.45) is 0.872. The first-order chi connectivity index (χ1) is 18.2. The third kappa shape index (κ3) is 4.06. The molecule has 0 atom stereocenters. The van der Waals surface area contributed by atoms with Crippen molar-refractivity contribution in [3.63, 3.8) is 0 Å². The predicted molar refractivity (Wildman–Crippen MR) is 150 cm³/mol. The SMILES string of the molecule is CCc1c(C)c(C#N)c2nc3ccccc3n2c1N1CCN(CCOc2cccc3ccccc23)CC1. The Balaban J connectivity index is 1.22. The molecule has 0 unspecified atom stereocenters. The third-order valence-corrected chi connectivity index (χ3v) is 7.65. The van der Waals surface area contributed by atoms with Gasteiger partial charge < -0.3 is 9.64 Å². The van der Waals surface area contributed by atoms with Crippen LogP contribution in [0.3, 0.4) is 0 Å². The van der Waals surface area contributed by atoms with Crippen molar-refractivity contribution in [3.05, 3.63) is 83.4 Å². The molecule has 1 saturated heterocycles. The lowest BCUT2D eigenvalue weighted by atomic mass is 10.0. The van der Waals surface area contributed by atoms with Gasteiger partial charge in [-0.2, -0.15) is 5.26 Å². The highest BCUT2D eigenvalue weighted by Crippen LogP contribution is 2.34. The largest absolute Gasteiger partial charge is 0.492 e. The summed E-state index contributed by atoms with van der Waals surface area (Å²) in [6, 6.07) is 25.2. The van der Waals surface area contributed by atoms with Gasteiger partial charge >= 0.3 is 0 Å². The second-order valence-electron chi connectivity index (χ2n) is 9.68. The second kappa shape index (κ2) is 9.76. The number of nitrogens with zero attached hydrogens (tertiary/aromatic N) is 5. The molecule has 0 saturated carbocycles. The van der Waals surface area contributed by atoms with Gasteiger partial charge in [0.2, 0.25) is 0 Å². The first-order valence-electron chi connectivity index (χ1n) is 13.1. The molecule has 0 N–H and O–H groups in total. The average molecular weight is 490 g/mol. The van der Waals surface area contributed by atoms with E-state index in [9.17, 15) is 5.26 Å². The van der Waals surface area contributed by atoms with Gasteiger partial charge in [-0.15, -0.1) is 0 Å². The van der Waals surface area contributed by atoms with E-state index in [1.807, 2.05) is 18.2 Å². The molecule has 1 fully saturated rings. The molecule has 0 radical (unpaired) electrons. The Labute approximate surface area is 217 Å². The molecule has 186 valence electrons. The summed E-state index contributed by atoms with van der Waals surface area (Å²) in [5.74, 6) is 2.14. The summed E-state index contributed by atoms with van der Waals surface area (Å²) in [5.41, 5.74) is 5.72. The molecule has 37 heavy (non-hydrogen) atoms. The fraction of sp³-hybridized carbons (Fsp3) is 0.290. The number of nitriles is 1. The molecule has 1 aliphatic heterocycles. The van der Waals surface area contributed by atoms with Gasteiger partial charge in [0.25, 0.3) is 0 Å². The number of rotatable bonds is 6. The van der Waals surface area contributed by atoms with Crippen molar-refractivity contribution in [2.45, 2.75) is 20.3 Å². The van der Waals surface area contributed by atoms with Crippen LogP contribution in [-0.2, 0) is 6.42 Å². The molecule has 0 spiro atoms. The van der Waals surface area contributed by atoms with Crippen LogP contribution in [0.15, 0.2) is 66.7 Å². The van der Waals surface area contributed by atoms with Crippen LogP contribution in [0.2, 0.25) is 0 Å². The van der Waals surface area contributed by atoms with Crippen LogP contribution in [0.5, 0.6) is 5.75 Å². The minimum Gasteiger partial charge on any atom is -0.492 e. The number of imidazole rings is 1. The number of aromatic nitrogens is 2. The third-order valence-electron chi connectivity index (χ3n) is 7.65. The summed E-state index contributed by atoms with van der Waals surface area (Å²) in [6.45, 7) is 9.60. The van der Waals surface area contributed by atoms with Gasteiger partial charge in [0.15, 0.2) is 5.65 Å². The zero-order chi connectivity index (χ0) is 25.4. The van der Waals surface area contributed by atoms with E-state index in [-0.39, 0.29) is 0 Å². The van der Waals surface area contributed by atoms with Crippen molar-refractivity contribution in [3.8, 4) is 11.8 Å². The van der Waals surface area contributed by atoms with Crippen molar-refractivity contribution in [2.75, 3.05) is 44.2 Å². The van der Waals surface area contributed by atoms with Crippen LogP contribution in [0.25, 0.3) is 27.5 Å². The van der Waals surface area contributed by atoms with Crippen LogP contribution in [0, 0.1) is 18.3 Å². The lowest BCUT2D eigenvalue weighted by Crippen LogP contribution is -2.48. The maximum Gasteiger partial charge on any atom is 0.157 e. The Bertz CT molecular complexity index is 1630. The fourth-order valence-corrected chi connectivity index (χ4v) is 5.71. The van der Waals surface area contributed by atoms with E-state index in [2.05, 4.69) is 82.6 Å². The molecule has 3 aromatic carbocycles. The summed E-state index contributed by atoms with van der Waals surface area (Å²) in [5, 5.41) is 12.4. The normalized spacial score (nSPS) is 14.5. The summed E-state index contributed by atoms with van der Waals surface area (Å²) >= 11 is 0. The number of ether oxygens (including phenoxy) is 1. The maximum absolute atomic E-state index is 9.99. The first kappa shape index (κ1) is 23.3. The number of anilines is 1. The monoisotopic (exact) mass is 489 g/mol. The smallest absolute Gasteiger partial charge is 0.157 e. The van der Waals surface area contributed by atoms with Crippen LogP contribution >= 0.6 is 0 Å². The van der Waals surface area contributed by atoms with Gasteiger partial charge in [-0.25, -0.2) is 4.98 Å². The highest BCUT2D eigenvalue weighted by atomic mass is 16.5. The molecule has 3 heterocycles. The lowest BCUT2D eigenvalue weighted by Gasteiger charge is -2.37. The number of benzene rings is 3. The van der Waals surface area contributed by atoms with E-state index >= 15 is 0 Å². The molecular weight excluding hydrogens is 458 g/mol. The number of para-hydroxylation sites is 2. The summed E-state index contributed by atoms with van der Waals surface area (Å²) in [7, 11) is 0. The van der Waals surface area contributed by atoms with Gasteiger partial charge in [0.05, 0.1) is 16.6 Å². The topological polar surface area (TPSA) is 56.8 Å². The number of fused-ring (bicyclic) bond motifs is 4. The molecule has 0 aliphatic carbocycles. The number of piperazine rings is 1. The van der Waals surface area contributed by atoms with E-state index in [4.69, 9.17) is 9.72 Å². The zero-order valence-corrected chi connectivity index (χ0v) is 21.4. The van der Waals surface area contributed by atoms with Crippen LogP contribution in [0.4, 0.5) is 5.82 Å². The van der Waals surface area contributed by atoms with E-state index in [1.165, 1.54) is 16.8 Å². The van der Waals surface area contributed by atoms with Gasteiger partial charge in [0.1, 0.15) is 24.2 Å². The maximum atomic E-state index is 9.99. The Morgan fingerprint density at radius 2 is 1.70 bits per heavy atom. The van der Waals surface area contributed by atoms with E-state index in [0.29, 0.717) is 12.2 Å². The number of hydrogen-bond donors (Lipinski definition) is 0.